The van der Waals surface area contributed by atoms with Crippen molar-refractivity contribution in [3.63, 3.8) is 0 Å². The molecule has 3 aromatic carbocycles. The SMILES string of the molecule is CC(C)c1cccc(C(C)C)c1-c1cccc(-c2c(C(C)C)cccc2C(C)C)[c]1[GeH2]. The molecule has 0 saturated heterocycles. The van der Waals surface area contributed by atoms with Crippen LogP contribution in [-0.2, 0) is 0 Å². The van der Waals surface area contributed by atoms with E-state index in [1.54, 1.807) is 0 Å². The molecule has 1 radical (unpaired) electrons. The fraction of sp³-hybridized carbons (Fsp3) is 0.400. The van der Waals surface area contributed by atoms with Gasteiger partial charge in [-0.3, -0.25) is 0 Å². The molecule has 0 saturated carbocycles. The van der Waals surface area contributed by atoms with E-state index in [4.69, 9.17) is 0 Å². The third-order valence-corrected chi connectivity index (χ3v) is 8.06. The second-order valence-corrected chi connectivity index (χ2v) is 11.6. The number of hydrogen-bond acceptors (Lipinski definition) is 0. The molecule has 0 aliphatic heterocycles. The van der Waals surface area contributed by atoms with E-state index >= 15 is 0 Å². The summed E-state index contributed by atoms with van der Waals surface area (Å²) in [4.78, 5) is 0. The maximum atomic E-state index is 2.36. The number of rotatable bonds is 6. The molecule has 3 rings (SSSR count). The van der Waals surface area contributed by atoms with Gasteiger partial charge in [-0.25, -0.2) is 0 Å². The zero-order valence-corrected chi connectivity index (χ0v) is 23.7. The minimum atomic E-state index is 0.505. The van der Waals surface area contributed by atoms with Crippen LogP contribution in [0, 0.1) is 0 Å². The zero-order valence-electron chi connectivity index (χ0n) is 20.7. The Bertz CT molecular complexity index is 920. The molecule has 0 fully saturated rings. The van der Waals surface area contributed by atoms with Gasteiger partial charge in [0.25, 0.3) is 0 Å². The van der Waals surface area contributed by atoms with Crippen LogP contribution < -0.4 is 4.40 Å². The van der Waals surface area contributed by atoms with Gasteiger partial charge in [-0.15, -0.1) is 0 Å². The second-order valence-electron chi connectivity index (χ2n) is 10.1. The van der Waals surface area contributed by atoms with Gasteiger partial charge in [-0.1, -0.05) is 0 Å². The summed E-state index contributed by atoms with van der Waals surface area (Å²) in [6.45, 7) is 18.6. The molecule has 31 heavy (non-hydrogen) atoms. The molecule has 0 heterocycles. The topological polar surface area (TPSA) is 0 Å². The van der Waals surface area contributed by atoms with Crippen LogP contribution in [0.15, 0.2) is 54.6 Å². The first-order valence-corrected chi connectivity index (χ1v) is 13.3. The molecule has 0 bridgehead atoms. The summed E-state index contributed by atoms with van der Waals surface area (Å²) in [6, 6.07) is 20.8. The average molecular weight is 472 g/mol. The maximum absolute atomic E-state index is 2.36. The zero-order chi connectivity index (χ0) is 22.9. The quantitative estimate of drug-likeness (QED) is 0.322. The average Bonchev–Trinajstić information content (AvgIpc) is 2.72. The van der Waals surface area contributed by atoms with Gasteiger partial charge in [-0.05, 0) is 0 Å². The molecule has 0 atom stereocenters. The minimum absolute atomic E-state index is 0.505. The Morgan fingerprint density at radius 1 is 0.452 bits per heavy atom. The normalized spacial score (nSPS) is 11.9. The molecule has 0 spiro atoms. The van der Waals surface area contributed by atoms with E-state index < -0.39 is 0 Å². The summed E-state index contributed by atoms with van der Waals surface area (Å²) in [5.74, 6) is 2.02. The predicted octanol–water partition coefficient (Wildman–Crippen LogP) is 7.77. The molecule has 1 heteroatoms. The summed E-state index contributed by atoms with van der Waals surface area (Å²) in [5, 5.41) is 0. The second kappa shape index (κ2) is 9.78. The third-order valence-electron chi connectivity index (χ3n) is 6.46. The summed E-state index contributed by atoms with van der Waals surface area (Å²) < 4.78 is 1.52. The van der Waals surface area contributed by atoms with Gasteiger partial charge in [0, 0.05) is 0 Å². The first-order valence-electron chi connectivity index (χ1n) is 11.9. The van der Waals surface area contributed by atoms with Crippen LogP contribution in [-0.4, -0.2) is 16.5 Å². The van der Waals surface area contributed by atoms with Crippen molar-refractivity contribution in [2.24, 2.45) is 0 Å². The Kier molecular flexibility index (Phi) is 7.52. The Labute approximate surface area is 198 Å². The third kappa shape index (κ3) is 4.70. The Morgan fingerprint density at radius 2 is 0.710 bits per heavy atom. The summed E-state index contributed by atoms with van der Waals surface area (Å²) in [6.07, 6.45) is 0. The Hall–Kier alpha value is -1.80. The Balaban J connectivity index is 2.38. The van der Waals surface area contributed by atoms with Gasteiger partial charge < -0.3 is 0 Å². The van der Waals surface area contributed by atoms with Gasteiger partial charge in [0.15, 0.2) is 0 Å². The standard InChI is InChI=1S/C30H39Ge/c1-18(2)22-12-9-13-23(19(3)4)28(22)26-16-11-17-27(30(26)31)29-24(20(5)6)14-10-15-25(29)21(7)8/h9-21H,31H2,1-8H3. The van der Waals surface area contributed by atoms with Gasteiger partial charge in [0.1, 0.15) is 0 Å². The summed E-state index contributed by atoms with van der Waals surface area (Å²) in [5.41, 5.74) is 11.7. The first-order chi connectivity index (χ1) is 14.6. The molecule has 0 aliphatic rings. The number of hydrogen-bond donors (Lipinski definition) is 0. The van der Waals surface area contributed by atoms with E-state index in [2.05, 4.69) is 110 Å². The molecular weight excluding hydrogens is 433 g/mol. The molecule has 0 unspecified atom stereocenters. The van der Waals surface area contributed by atoms with Gasteiger partial charge in [-0.2, -0.15) is 0 Å². The van der Waals surface area contributed by atoms with Crippen LogP contribution >= 0.6 is 0 Å². The van der Waals surface area contributed by atoms with Crippen LogP contribution in [0.1, 0.15) is 101 Å². The molecule has 0 amide bonds. The van der Waals surface area contributed by atoms with Crippen molar-refractivity contribution in [1.29, 1.82) is 0 Å². The summed E-state index contributed by atoms with van der Waals surface area (Å²) >= 11 is 1.15. The van der Waals surface area contributed by atoms with Crippen molar-refractivity contribution in [2.75, 3.05) is 0 Å². The molecular formula is C30H39Ge. The molecule has 3 aromatic rings. The molecule has 0 N–H and O–H groups in total. The molecule has 163 valence electrons. The van der Waals surface area contributed by atoms with E-state index in [1.807, 2.05) is 0 Å². The monoisotopic (exact) mass is 473 g/mol. The fourth-order valence-corrected chi connectivity index (χ4v) is 6.02. The number of benzene rings is 3. The van der Waals surface area contributed by atoms with Crippen molar-refractivity contribution < 1.29 is 0 Å². The van der Waals surface area contributed by atoms with E-state index in [0.29, 0.717) is 23.7 Å². The molecule has 0 aliphatic carbocycles. The van der Waals surface area contributed by atoms with Crippen LogP contribution in [0.4, 0.5) is 0 Å². The van der Waals surface area contributed by atoms with E-state index in [-0.39, 0.29) is 0 Å². The van der Waals surface area contributed by atoms with Crippen LogP contribution in [0.3, 0.4) is 0 Å². The van der Waals surface area contributed by atoms with E-state index in [0.717, 1.165) is 16.5 Å². The van der Waals surface area contributed by atoms with Crippen molar-refractivity contribution in [1.82, 2.24) is 0 Å². The Morgan fingerprint density at radius 3 is 0.968 bits per heavy atom. The van der Waals surface area contributed by atoms with Crippen LogP contribution in [0.2, 0.25) is 0 Å². The van der Waals surface area contributed by atoms with Crippen molar-refractivity contribution in [2.45, 2.75) is 79.1 Å². The predicted molar refractivity (Wildman–Crippen MR) is 142 cm³/mol. The van der Waals surface area contributed by atoms with E-state index in [9.17, 15) is 0 Å². The van der Waals surface area contributed by atoms with Crippen LogP contribution in [0.5, 0.6) is 0 Å². The molecule has 0 aromatic heterocycles. The van der Waals surface area contributed by atoms with Crippen molar-refractivity contribution in [3.05, 3.63) is 76.9 Å². The van der Waals surface area contributed by atoms with Gasteiger partial charge >= 0.3 is 199 Å². The van der Waals surface area contributed by atoms with Crippen molar-refractivity contribution >= 4 is 20.9 Å². The fourth-order valence-electron chi connectivity index (χ4n) is 4.78. The van der Waals surface area contributed by atoms with E-state index in [1.165, 1.54) is 48.9 Å². The summed E-state index contributed by atoms with van der Waals surface area (Å²) in [7, 11) is 0. The first kappa shape index (κ1) is 23.9. The van der Waals surface area contributed by atoms with Gasteiger partial charge in [0.2, 0.25) is 0 Å². The van der Waals surface area contributed by atoms with Crippen LogP contribution in [0.25, 0.3) is 22.3 Å². The van der Waals surface area contributed by atoms with Crippen molar-refractivity contribution in [3.8, 4) is 22.3 Å². The molecule has 0 nitrogen and oxygen atoms in total. The van der Waals surface area contributed by atoms with Gasteiger partial charge in [0.05, 0.1) is 0 Å².